The lowest BCUT2D eigenvalue weighted by Crippen LogP contribution is -2.60. The van der Waals surface area contributed by atoms with Crippen molar-refractivity contribution in [3.63, 3.8) is 0 Å². The zero-order chi connectivity index (χ0) is 22.8. The van der Waals surface area contributed by atoms with Gasteiger partial charge in [-0.05, 0) is 79.9 Å². The number of halogens is 2. The Balaban J connectivity index is 1.37. The summed E-state index contributed by atoms with van der Waals surface area (Å²) >= 11 is 0. The fraction of sp³-hybridized carbons (Fsp3) is 0.615. The quantitative estimate of drug-likeness (QED) is 0.722. The second kappa shape index (κ2) is 7.39. The van der Waals surface area contributed by atoms with Crippen LogP contribution in [0.2, 0.25) is 0 Å². The highest BCUT2D eigenvalue weighted by Crippen LogP contribution is 2.63. The summed E-state index contributed by atoms with van der Waals surface area (Å²) in [4.78, 5) is 27.0. The Morgan fingerprint density at radius 1 is 1.09 bits per heavy atom. The van der Waals surface area contributed by atoms with Crippen molar-refractivity contribution in [2.75, 3.05) is 7.05 Å². The molecule has 172 valence electrons. The van der Waals surface area contributed by atoms with E-state index in [0.717, 1.165) is 50.7 Å². The third kappa shape index (κ3) is 3.05. The Morgan fingerprint density at radius 2 is 1.88 bits per heavy atom. The molecular formula is C26H32F2N2O2. The number of rotatable bonds is 2. The minimum absolute atomic E-state index is 0.00845. The highest BCUT2D eigenvalue weighted by Gasteiger charge is 2.60. The number of nitrogens with zero attached hydrogens (tertiary/aromatic N) is 1. The molecule has 3 fully saturated rings. The van der Waals surface area contributed by atoms with Crippen LogP contribution in [-0.4, -0.2) is 35.8 Å². The number of fused-ring (bicyclic) bond motifs is 5. The van der Waals surface area contributed by atoms with Crippen LogP contribution in [0.25, 0.3) is 0 Å². The lowest BCUT2D eigenvalue weighted by molar-refractivity contribution is -0.138. The van der Waals surface area contributed by atoms with Gasteiger partial charge in [-0.15, -0.1) is 0 Å². The van der Waals surface area contributed by atoms with E-state index in [2.05, 4.69) is 25.2 Å². The van der Waals surface area contributed by atoms with Gasteiger partial charge in [-0.25, -0.2) is 8.78 Å². The number of carbonyl (C=O) groups excluding carboxylic acids is 2. The van der Waals surface area contributed by atoms with Crippen molar-refractivity contribution < 1.29 is 18.4 Å². The maximum atomic E-state index is 14.1. The fourth-order valence-electron chi connectivity index (χ4n) is 7.89. The van der Waals surface area contributed by atoms with Gasteiger partial charge in [0.15, 0.2) is 0 Å². The molecule has 2 amide bonds. The van der Waals surface area contributed by atoms with Crippen molar-refractivity contribution in [2.45, 2.75) is 64.5 Å². The summed E-state index contributed by atoms with van der Waals surface area (Å²) in [7, 11) is 1.93. The molecule has 0 bridgehead atoms. The van der Waals surface area contributed by atoms with Crippen LogP contribution in [0.1, 0.15) is 62.7 Å². The van der Waals surface area contributed by atoms with Gasteiger partial charge in [0, 0.05) is 30.6 Å². The Bertz CT molecular complexity index is 994. The second-order valence-electron chi connectivity index (χ2n) is 10.9. The normalized spacial score (nSPS) is 40.5. The summed E-state index contributed by atoms with van der Waals surface area (Å²) in [5.41, 5.74) is -0.137. The SMILES string of the molecule is CN1C(=O)C=C[C@@]2(C)C1CC[C@@H]1[C@H]2CC[C@]2(C)C(NC(=O)c3ccc(F)cc3F)CC[C@@H]12. The summed E-state index contributed by atoms with van der Waals surface area (Å²) in [6.45, 7) is 4.61. The molecule has 1 aliphatic heterocycles. The number of benzene rings is 1. The van der Waals surface area contributed by atoms with E-state index < -0.39 is 17.5 Å². The summed E-state index contributed by atoms with van der Waals surface area (Å²) < 4.78 is 27.4. The standard InChI is InChI=1S/C26H32F2N2O2/c1-25-12-10-19-16(6-9-22-26(19,2)13-11-23(31)30(22)3)18(25)7-8-21(25)29-24(32)17-5-4-15(27)14-20(17)28/h4-5,11,13-14,16,18-19,21-22H,6-10,12H2,1-3H3,(H,29,32)/t16-,18-,19+,21?,22?,25-,26+/m0/s1. The van der Waals surface area contributed by atoms with Gasteiger partial charge < -0.3 is 10.2 Å². The molecule has 1 heterocycles. The summed E-state index contributed by atoms with van der Waals surface area (Å²) in [5, 5.41) is 3.10. The van der Waals surface area contributed by atoms with Crippen molar-refractivity contribution in [2.24, 2.45) is 28.6 Å². The molecule has 1 aromatic carbocycles. The van der Waals surface area contributed by atoms with Crippen molar-refractivity contribution in [1.29, 1.82) is 0 Å². The molecule has 32 heavy (non-hydrogen) atoms. The van der Waals surface area contributed by atoms with Gasteiger partial charge in [0.05, 0.1) is 5.56 Å². The maximum absolute atomic E-state index is 14.1. The molecule has 7 atom stereocenters. The molecule has 1 aromatic rings. The molecule has 0 saturated heterocycles. The monoisotopic (exact) mass is 442 g/mol. The lowest BCUT2D eigenvalue weighted by atomic mass is 9.48. The highest BCUT2D eigenvalue weighted by atomic mass is 19.1. The molecule has 0 aromatic heterocycles. The molecule has 0 spiro atoms. The van der Waals surface area contributed by atoms with Gasteiger partial charge in [0.1, 0.15) is 11.6 Å². The largest absolute Gasteiger partial charge is 0.349 e. The number of hydrogen-bond acceptors (Lipinski definition) is 2. The van der Waals surface area contributed by atoms with Gasteiger partial charge in [-0.2, -0.15) is 0 Å². The van der Waals surface area contributed by atoms with Crippen LogP contribution in [-0.2, 0) is 4.79 Å². The molecule has 6 heteroatoms. The number of carbonyl (C=O) groups is 2. The molecular weight excluding hydrogens is 410 g/mol. The Hall–Kier alpha value is -2.24. The topological polar surface area (TPSA) is 49.4 Å². The van der Waals surface area contributed by atoms with Crippen LogP contribution in [0, 0.1) is 40.2 Å². The van der Waals surface area contributed by atoms with Gasteiger partial charge in [-0.3, -0.25) is 9.59 Å². The minimum Gasteiger partial charge on any atom is -0.349 e. The molecule has 4 aliphatic rings. The number of amides is 2. The van der Waals surface area contributed by atoms with E-state index in [0.29, 0.717) is 17.8 Å². The second-order valence-corrected chi connectivity index (χ2v) is 10.9. The molecule has 2 unspecified atom stereocenters. The number of likely N-dealkylation sites (N-methyl/N-ethyl adjacent to an activating group) is 1. The zero-order valence-corrected chi connectivity index (χ0v) is 19.0. The number of nitrogens with one attached hydrogen (secondary N) is 1. The summed E-state index contributed by atoms with van der Waals surface area (Å²) in [6, 6.07) is 3.35. The first kappa shape index (κ1) is 21.6. The highest BCUT2D eigenvalue weighted by molar-refractivity contribution is 5.94. The van der Waals surface area contributed by atoms with Crippen LogP contribution in [0.3, 0.4) is 0 Å². The maximum Gasteiger partial charge on any atom is 0.254 e. The van der Waals surface area contributed by atoms with Crippen molar-refractivity contribution in [3.05, 3.63) is 47.5 Å². The predicted octanol–water partition coefficient (Wildman–Crippen LogP) is 4.70. The smallest absolute Gasteiger partial charge is 0.254 e. The average Bonchev–Trinajstić information content (AvgIpc) is 3.07. The van der Waals surface area contributed by atoms with Gasteiger partial charge in [-0.1, -0.05) is 19.9 Å². The first-order valence-corrected chi connectivity index (χ1v) is 11.9. The Labute approximate surface area is 188 Å². The van der Waals surface area contributed by atoms with Crippen molar-refractivity contribution in [1.82, 2.24) is 10.2 Å². The Kier molecular flexibility index (Phi) is 4.99. The van der Waals surface area contributed by atoms with Gasteiger partial charge >= 0.3 is 0 Å². The van der Waals surface area contributed by atoms with Gasteiger partial charge in [0.25, 0.3) is 5.91 Å². The molecule has 0 radical (unpaired) electrons. The first-order chi connectivity index (χ1) is 15.1. The van der Waals surface area contributed by atoms with Crippen LogP contribution in [0.4, 0.5) is 8.78 Å². The van der Waals surface area contributed by atoms with Gasteiger partial charge in [0.2, 0.25) is 5.91 Å². The van der Waals surface area contributed by atoms with E-state index in [4.69, 9.17) is 0 Å². The predicted molar refractivity (Wildman–Crippen MR) is 118 cm³/mol. The summed E-state index contributed by atoms with van der Waals surface area (Å²) in [5.74, 6) is -0.274. The fourth-order valence-corrected chi connectivity index (χ4v) is 7.89. The minimum atomic E-state index is -0.820. The van der Waals surface area contributed by atoms with Crippen LogP contribution < -0.4 is 5.32 Å². The third-order valence-corrected chi connectivity index (χ3v) is 9.61. The van der Waals surface area contributed by atoms with Crippen LogP contribution >= 0.6 is 0 Å². The average molecular weight is 443 g/mol. The summed E-state index contributed by atoms with van der Waals surface area (Å²) in [6.07, 6.45) is 10.0. The first-order valence-electron chi connectivity index (χ1n) is 11.9. The number of hydrogen-bond donors (Lipinski definition) is 1. The van der Waals surface area contributed by atoms with Crippen LogP contribution in [0.15, 0.2) is 30.4 Å². The van der Waals surface area contributed by atoms with E-state index in [-0.39, 0.29) is 34.4 Å². The Morgan fingerprint density at radius 3 is 2.62 bits per heavy atom. The molecule has 3 aliphatic carbocycles. The van der Waals surface area contributed by atoms with E-state index in [1.165, 1.54) is 6.07 Å². The van der Waals surface area contributed by atoms with E-state index in [1.807, 2.05) is 11.9 Å². The van der Waals surface area contributed by atoms with E-state index >= 15 is 0 Å². The molecule has 5 rings (SSSR count). The van der Waals surface area contributed by atoms with E-state index in [1.54, 1.807) is 6.08 Å². The van der Waals surface area contributed by atoms with E-state index in [9.17, 15) is 18.4 Å². The molecule has 4 nitrogen and oxygen atoms in total. The zero-order valence-electron chi connectivity index (χ0n) is 19.0. The third-order valence-electron chi connectivity index (χ3n) is 9.61. The van der Waals surface area contributed by atoms with Crippen molar-refractivity contribution >= 4 is 11.8 Å². The van der Waals surface area contributed by atoms with Crippen molar-refractivity contribution in [3.8, 4) is 0 Å². The van der Waals surface area contributed by atoms with Crippen LogP contribution in [0.5, 0.6) is 0 Å². The lowest BCUT2D eigenvalue weighted by Gasteiger charge is -2.60. The molecule has 3 saturated carbocycles. The molecule has 1 N–H and O–H groups in total.